The van der Waals surface area contributed by atoms with Crippen molar-refractivity contribution in [1.29, 1.82) is 0 Å². The summed E-state index contributed by atoms with van der Waals surface area (Å²) in [7, 11) is 0. The number of carbonyl (C=O) groups is 1. The molecule has 15 rings (SSSR count). The second kappa shape index (κ2) is 11.7. The van der Waals surface area contributed by atoms with Crippen LogP contribution in [-0.2, 0) is 16.1 Å². The lowest BCUT2D eigenvalue weighted by atomic mass is 9.79. The molecular formula is C58H34N4O2. The molecule has 0 saturated carbocycles. The Bertz CT molecular complexity index is 4060. The van der Waals surface area contributed by atoms with Gasteiger partial charge in [-0.15, -0.1) is 0 Å². The highest BCUT2D eigenvalue weighted by atomic mass is 16.3. The molecule has 10 aromatic carbocycles. The van der Waals surface area contributed by atoms with Gasteiger partial charge in [0.15, 0.2) is 11.3 Å². The Balaban J connectivity index is 0.972. The van der Waals surface area contributed by atoms with Gasteiger partial charge in [0.2, 0.25) is 5.78 Å². The predicted octanol–water partition coefficient (Wildman–Crippen LogP) is 11.6. The van der Waals surface area contributed by atoms with Crippen LogP contribution in [0.1, 0.15) is 27.8 Å². The molecule has 0 aromatic heterocycles. The molecule has 298 valence electrons. The summed E-state index contributed by atoms with van der Waals surface area (Å²) in [6.45, 7) is 0. The van der Waals surface area contributed by atoms with Crippen LogP contribution in [0.15, 0.2) is 193 Å². The number of benzene rings is 10. The van der Waals surface area contributed by atoms with E-state index in [9.17, 15) is 5.11 Å². The minimum Gasteiger partial charge on any atom is -0.506 e. The van der Waals surface area contributed by atoms with E-state index in [1.807, 2.05) is 24.3 Å². The van der Waals surface area contributed by atoms with Crippen LogP contribution in [0.25, 0.3) is 76.5 Å². The Morgan fingerprint density at radius 3 is 1.70 bits per heavy atom. The SMILES string of the molecule is O=C1C(c2ccc3cccc4c3c2NC2(N4)c3ccccc3-c3cc4ccccc4cc32)=C(O)/C1=c1\ccc2cccc3c2c1=NC1(N3)c2ccccc2-c2cc3ccccc3cc21. The number of anilines is 3. The van der Waals surface area contributed by atoms with Crippen LogP contribution in [0.5, 0.6) is 0 Å². The van der Waals surface area contributed by atoms with Gasteiger partial charge in [-0.2, -0.15) is 0 Å². The van der Waals surface area contributed by atoms with Crippen molar-refractivity contribution < 1.29 is 9.90 Å². The zero-order chi connectivity index (χ0) is 42.1. The van der Waals surface area contributed by atoms with Gasteiger partial charge in [0.25, 0.3) is 0 Å². The molecule has 0 bridgehead atoms. The van der Waals surface area contributed by atoms with E-state index < -0.39 is 11.3 Å². The maximum Gasteiger partial charge on any atom is 0.201 e. The van der Waals surface area contributed by atoms with E-state index in [0.29, 0.717) is 21.7 Å². The van der Waals surface area contributed by atoms with Crippen LogP contribution in [0.3, 0.4) is 0 Å². The van der Waals surface area contributed by atoms with Crippen molar-refractivity contribution in [2.24, 2.45) is 4.99 Å². The van der Waals surface area contributed by atoms with Crippen LogP contribution in [0, 0.1) is 0 Å². The first-order valence-corrected chi connectivity index (χ1v) is 21.8. The summed E-state index contributed by atoms with van der Waals surface area (Å²) in [4.78, 5) is 20.9. The van der Waals surface area contributed by atoms with Gasteiger partial charge >= 0.3 is 0 Å². The zero-order valence-corrected chi connectivity index (χ0v) is 34.1. The van der Waals surface area contributed by atoms with Crippen LogP contribution in [0.2, 0.25) is 0 Å². The molecule has 2 unspecified atom stereocenters. The largest absolute Gasteiger partial charge is 0.506 e. The fraction of sp³-hybridized carbons (Fsp3) is 0.0345. The van der Waals surface area contributed by atoms with E-state index in [-0.39, 0.29) is 17.1 Å². The lowest BCUT2D eigenvalue weighted by Crippen LogP contribution is -2.45. The molecule has 4 N–H and O–H groups in total. The molecule has 2 spiro atoms. The molecule has 0 amide bonds. The van der Waals surface area contributed by atoms with Crippen molar-refractivity contribution in [2.45, 2.75) is 11.3 Å². The topological polar surface area (TPSA) is 85.8 Å². The third-order valence-electron chi connectivity index (χ3n) is 14.6. The number of aliphatic hydroxyl groups excluding tert-OH is 1. The number of aliphatic hydroxyl groups is 1. The van der Waals surface area contributed by atoms with E-state index in [2.05, 4.69) is 174 Å². The summed E-state index contributed by atoms with van der Waals surface area (Å²) < 4.78 is 0. The maximum atomic E-state index is 15.1. The fourth-order valence-electron chi connectivity index (χ4n) is 11.7. The first kappa shape index (κ1) is 34.1. The number of nitrogens with one attached hydrogen (secondary N) is 3. The fourth-order valence-corrected chi connectivity index (χ4v) is 11.7. The van der Waals surface area contributed by atoms with Gasteiger partial charge in [-0.1, -0.05) is 146 Å². The monoisotopic (exact) mass is 818 g/mol. The number of Topliss-reactive ketones (excluding diaryl/α,β-unsaturated/α-hetero) is 1. The Hall–Kier alpha value is -8.48. The predicted molar refractivity (Wildman–Crippen MR) is 258 cm³/mol. The second-order valence-corrected chi connectivity index (χ2v) is 17.7. The van der Waals surface area contributed by atoms with E-state index in [4.69, 9.17) is 4.99 Å². The number of hydrogen-bond donors (Lipinski definition) is 4. The molecule has 0 saturated heterocycles. The minimum atomic E-state index is -0.966. The quantitative estimate of drug-likeness (QED) is 0.133. The summed E-state index contributed by atoms with van der Waals surface area (Å²) in [5, 5.41) is 34.2. The van der Waals surface area contributed by atoms with Gasteiger partial charge in [0, 0.05) is 55.2 Å². The highest BCUT2D eigenvalue weighted by Crippen LogP contribution is 2.56. The average Bonchev–Trinajstić information content (AvgIpc) is 3.73. The summed E-state index contributed by atoms with van der Waals surface area (Å²) in [5.41, 5.74) is 11.0. The van der Waals surface area contributed by atoms with Gasteiger partial charge in [-0.25, -0.2) is 4.99 Å². The lowest BCUT2D eigenvalue weighted by Gasteiger charge is -2.41. The van der Waals surface area contributed by atoms with Gasteiger partial charge in [0.1, 0.15) is 5.76 Å². The zero-order valence-electron chi connectivity index (χ0n) is 34.1. The smallest absolute Gasteiger partial charge is 0.201 e. The van der Waals surface area contributed by atoms with Gasteiger partial charge < -0.3 is 21.1 Å². The summed E-state index contributed by atoms with van der Waals surface area (Å²) >= 11 is 0. The first-order chi connectivity index (χ1) is 31.5. The number of carbonyl (C=O) groups excluding carboxylic acids is 1. The van der Waals surface area contributed by atoms with E-state index >= 15 is 4.79 Å². The van der Waals surface area contributed by atoms with Crippen LogP contribution >= 0.6 is 0 Å². The number of allylic oxidation sites excluding steroid dienone is 2. The van der Waals surface area contributed by atoms with Crippen LogP contribution in [-0.4, -0.2) is 10.9 Å². The summed E-state index contributed by atoms with van der Waals surface area (Å²) in [6.07, 6.45) is 0. The molecule has 2 heterocycles. The molecular weight excluding hydrogens is 785 g/mol. The highest BCUT2D eigenvalue weighted by molar-refractivity contribution is 6.52. The lowest BCUT2D eigenvalue weighted by molar-refractivity contribution is -0.109. The number of fused-ring (bicyclic) bond motifs is 12. The van der Waals surface area contributed by atoms with Crippen molar-refractivity contribution in [3.05, 3.63) is 226 Å². The van der Waals surface area contributed by atoms with Crippen LogP contribution in [0.4, 0.5) is 17.1 Å². The minimum absolute atomic E-state index is 0.0280. The van der Waals surface area contributed by atoms with Crippen molar-refractivity contribution in [2.75, 3.05) is 16.0 Å². The molecule has 3 aliphatic carbocycles. The summed E-state index contributed by atoms with van der Waals surface area (Å²) in [5.74, 6) is -0.243. The van der Waals surface area contributed by atoms with Crippen molar-refractivity contribution in [3.8, 4) is 22.3 Å². The first-order valence-electron chi connectivity index (χ1n) is 21.8. The molecule has 5 aliphatic rings. The average molecular weight is 819 g/mol. The molecule has 0 radical (unpaired) electrons. The molecule has 2 atom stereocenters. The third kappa shape index (κ3) is 4.11. The van der Waals surface area contributed by atoms with Crippen molar-refractivity contribution in [3.63, 3.8) is 0 Å². The van der Waals surface area contributed by atoms with Crippen LogP contribution < -0.4 is 26.5 Å². The second-order valence-electron chi connectivity index (χ2n) is 17.7. The number of hydrogen-bond acceptors (Lipinski definition) is 6. The standard InChI is InChI=1S/C58H34N4O2/c63-55-51(39-25-23-31-15-9-21-47-49(31)53(39)61-57(59-47)43-19-7-5-17-37(43)41-27-33-11-1-3-13-35(33)29-45(41)57)56(64)52(55)40-26-24-32-16-10-22-48-50(32)54(40)62-58(60-48)44-20-8-6-18-38(44)42-28-34-12-2-4-14-36(34)30-46(42)58/h1-30,59-61,63H/b52-40-. The molecule has 10 aromatic rings. The Kier molecular flexibility index (Phi) is 6.24. The summed E-state index contributed by atoms with van der Waals surface area (Å²) in [6, 6.07) is 63.5. The Morgan fingerprint density at radius 1 is 0.422 bits per heavy atom. The van der Waals surface area contributed by atoms with Gasteiger partial charge in [-0.05, 0) is 91.0 Å². The molecule has 2 aliphatic heterocycles. The van der Waals surface area contributed by atoms with Crippen molar-refractivity contribution in [1.82, 2.24) is 0 Å². The molecule has 6 nitrogen and oxygen atoms in total. The normalized spacial score (nSPS) is 20.1. The highest BCUT2D eigenvalue weighted by Gasteiger charge is 2.49. The van der Waals surface area contributed by atoms with E-state index in [1.54, 1.807) is 0 Å². The van der Waals surface area contributed by atoms with Gasteiger partial charge in [-0.3, -0.25) is 4.79 Å². The number of rotatable bonds is 1. The van der Waals surface area contributed by atoms with E-state index in [1.165, 1.54) is 5.39 Å². The Labute approximate surface area is 366 Å². The molecule has 64 heavy (non-hydrogen) atoms. The third-order valence-corrected chi connectivity index (χ3v) is 14.6. The van der Waals surface area contributed by atoms with E-state index in [0.717, 1.165) is 99.3 Å². The maximum absolute atomic E-state index is 15.1. The molecule has 0 fully saturated rings. The molecule has 6 heteroatoms. The Morgan fingerprint density at radius 2 is 0.984 bits per heavy atom. The van der Waals surface area contributed by atoms with Crippen molar-refractivity contribution >= 4 is 77.1 Å². The number of nitrogens with zero attached hydrogens (tertiary/aromatic N) is 1. The number of ketones is 1. The van der Waals surface area contributed by atoms with Gasteiger partial charge in [0.05, 0.1) is 22.2 Å².